The first-order valence-electron chi connectivity index (χ1n) is 9.59. The summed E-state index contributed by atoms with van der Waals surface area (Å²) in [4.78, 5) is 19.5. The normalized spacial score (nSPS) is 16.1. The summed E-state index contributed by atoms with van der Waals surface area (Å²) in [7, 11) is 0. The van der Waals surface area contributed by atoms with Gasteiger partial charge >= 0.3 is 5.63 Å². The zero-order valence-corrected chi connectivity index (χ0v) is 17.2. The van der Waals surface area contributed by atoms with E-state index in [0.717, 1.165) is 48.1 Å². The highest BCUT2D eigenvalue weighted by Crippen LogP contribution is 2.33. The van der Waals surface area contributed by atoms with Crippen molar-refractivity contribution in [1.82, 2.24) is 9.88 Å². The first-order valence-corrected chi connectivity index (χ1v) is 10.8. The molecule has 0 bridgehead atoms. The average molecular weight is 427 g/mol. The summed E-state index contributed by atoms with van der Waals surface area (Å²) in [5.74, 6) is 0. The Bertz CT molecular complexity index is 1260. The lowest BCUT2D eigenvalue weighted by molar-refractivity contribution is 0.0792. The Morgan fingerprint density at radius 3 is 2.83 bits per heavy atom. The minimum absolute atomic E-state index is 0.184. The van der Waals surface area contributed by atoms with E-state index in [-0.39, 0.29) is 6.10 Å². The first kappa shape index (κ1) is 18.8. The van der Waals surface area contributed by atoms with Crippen LogP contribution in [0.1, 0.15) is 18.4 Å². The summed E-state index contributed by atoms with van der Waals surface area (Å²) in [6, 6.07) is 13.4. The number of benzene rings is 2. The Morgan fingerprint density at radius 1 is 1.21 bits per heavy atom. The standard InChI is InChI=1S/C22H19ClN2O3S/c23-17-2-1-3-19-20(17)24-21(29-19)16-11-14-5-4-13(10-18(14)28-22(16)27)12-25-8-6-15(26)7-9-25/h1-5,10-11,15,26H,6-9,12H2. The number of nitrogens with zero attached hydrogens (tertiary/aromatic N) is 2. The van der Waals surface area contributed by atoms with Crippen molar-refractivity contribution in [3.63, 3.8) is 0 Å². The van der Waals surface area contributed by atoms with Crippen molar-refractivity contribution in [1.29, 1.82) is 0 Å². The van der Waals surface area contributed by atoms with Crippen molar-refractivity contribution in [2.24, 2.45) is 0 Å². The van der Waals surface area contributed by atoms with Gasteiger partial charge < -0.3 is 9.52 Å². The van der Waals surface area contributed by atoms with E-state index in [0.29, 0.717) is 26.7 Å². The summed E-state index contributed by atoms with van der Waals surface area (Å²) in [5, 5.41) is 11.7. The molecule has 0 atom stereocenters. The molecule has 0 radical (unpaired) electrons. The van der Waals surface area contributed by atoms with Crippen LogP contribution in [0.15, 0.2) is 51.7 Å². The van der Waals surface area contributed by atoms with Gasteiger partial charge in [-0.05, 0) is 42.7 Å². The van der Waals surface area contributed by atoms with Crippen LogP contribution in [-0.4, -0.2) is 34.2 Å². The van der Waals surface area contributed by atoms with Crippen molar-refractivity contribution >= 4 is 44.1 Å². The molecule has 0 amide bonds. The maximum Gasteiger partial charge on any atom is 0.346 e. The van der Waals surface area contributed by atoms with Crippen molar-refractivity contribution in [2.75, 3.05) is 13.1 Å². The fourth-order valence-electron chi connectivity index (χ4n) is 3.77. The van der Waals surface area contributed by atoms with E-state index in [1.807, 2.05) is 30.3 Å². The highest BCUT2D eigenvalue weighted by atomic mass is 35.5. The molecule has 0 unspecified atom stereocenters. The average Bonchev–Trinajstić information content (AvgIpc) is 3.15. The summed E-state index contributed by atoms with van der Waals surface area (Å²) in [6.45, 7) is 2.54. The molecular formula is C22H19ClN2O3S. The maximum atomic E-state index is 12.7. The van der Waals surface area contributed by atoms with Gasteiger partial charge in [0.25, 0.3) is 0 Å². The number of halogens is 1. The van der Waals surface area contributed by atoms with Crippen LogP contribution in [0.4, 0.5) is 0 Å². The molecule has 1 N–H and O–H groups in total. The number of hydrogen-bond acceptors (Lipinski definition) is 6. The van der Waals surface area contributed by atoms with Gasteiger partial charge in [0.1, 0.15) is 16.1 Å². The highest BCUT2D eigenvalue weighted by molar-refractivity contribution is 7.21. The smallest absolute Gasteiger partial charge is 0.346 e. The molecule has 7 heteroatoms. The Balaban J connectivity index is 1.48. The second-order valence-electron chi connectivity index (χ2n) is 7.43. The summed E-state index contributed by atoms with van der Waals surface area (Å²) in [6.07, 6.45) is 1.42. The predicted molar refractivity (Wildman–Crippen MR) is 117 cm³/mol. The fourth-order valence-corrected chi connectivity index (χ4v) is 5.04. The van der Waals surface area contributed by atoms with Gasteiger partial charge in [0, 0.05) is 25.0 Å². The largest absolute Gasteiger partial charge is 0.422 e. The molecule has 3 heterocycles. The Labute approximate surface area is 176 Å². The zero-order chi connectivity index (χ0) is 20.0. The Kier molecular flexibility index (Phi) is 4.87. The van der Waals surface area contributed by atoms with Crippen molar-refractivity contribution < 1.29 is 9.52 Å². The number of aliphatic hydroxyl groups is 1. The molecule has 1 aliphatic heterocycles. The molecule has 1 aliphatic rings. The molecule has 1 saturated heterocycles. The molecular weight excluding hydrogens is 408 g/mol. The predicted octanol–water partition coefficient (Wildman–Crippen LogP) is 4.68. The summed E-state index contributed by atoms with van der Waals surface area (Å²) < 4.78 is 6.58. The van der Waals surface area contributed by atoms with E-state index in [1.54, 1.807) is 6.07 Å². The molecule has 2 aromatic carbocycles. The van der Waals surface area contributed by atoms with E-state index in [1.165, 1.54) is 11.3 Å². The molecule has 5 nitrogen and oxygen atoms in total. The van der Waals surface area contributed by atoms with Crippen LogP contribution in [0.5, 0.6) is 0 Å². The third-order valence-electron chi connectivity index (χ3n) is 5.36. The van der Waals surface area contributed by atoms with Crippen LogP contribution < -0.4 is 5.63 Å². The van der Waals surface area contributed by atoms with E-state index in [4.69, 9.17) is 16.0 Å². The zero-order valence-electron chi connectivity index (χ0n) is 15.6. The summed E-state index contributed by atoms with van der Waals surface area (Å²) in [5.41, 5.74) is 2.43. The van der Waals surface area contributed by atoms with E-state index in [9.17, 15) is 9.90 Å². The lowest BCUT2D eigenvalue weighted by atomic mass is 10.1. The number of para-hydroxylation sites is 1. The quantitative estimate of drug-likeness (QED) is 0.482. The van der Waals surface area contributed by atoms with Gasteiger partial charge in [-0.2, -0.15) is 0 Å². The number of rotatable bonds is 3. The van der Waals surface area contributed by atoms with Gasteiger partial charge in [-0.1, -0.05) is 29.8 Å². The summed E-state index contributed by atoms with van der Waals surface area (Å²) >= 11 is 7.65. The SMILES string of the molecule is O=c1oc2cc(CN3CCC(O)CC3)ccc2cc1-c1nc2c(Cl)cccc2s1. The number of thiazole rings is 1. The number of likely N-dealkylation sites (tertiary alicyclic amines) is 1. The topological polar surface area (TPSA) is 66.6 Å². The van der Waals surface area contributed by atoms with E-state index in [2.05, 4.69) is 16.0 Å². The Hall–Kier alpha value is -2.25. The van der Waals surface area contributed by atoms with Crippen LogP contribution in [0.2, 0.25) is 5.02 Å². The van der Waals surface area contributed by atoms with Crippen LogP contribution in [0.3, 0.4) is 0 Å². The molecule has 0 spiro atoms. The lowest BCUT2D eigenvalue weighted by Crippen LogP contribution is -2.35. The lowest BCUT2D eigenvalue weighted by Gasteiger charge is -2.29. The Morgan fingerprint density at radius 2 is 2.03 bits per heavy atom. The van der Waals surface area contributed by atoms with Gasteiger partial charge in [0.15, 0.2) is 0 Å². The number of hydrogen-bond donors (Lipinski definition) is 1. The molecule has 0 aliphatic carbocycles. The van der Waals surface area contributed by atoms with Crippen LogP contribution in [-0.2, 0) is 6.54 Å². The van der Waals surface area contributed by atoms with E-state index >= 15 is 0 Å². The minimum atomic E-state index is -0.397. The highest BCUT2D eigenvalue weighted by Gasteiger charge is 2.18. The van der Waals surface area contributed by atoms with Gasteiger partial charge in [-0.25, -0.2) is 9.78 Å². The molecule has 148 valence electrons. The third-order valence-corrected chi connectivity index (χ3v) is 6.72. The van der Waals surface area contributed by atoms with Crippen molar-refractivity contribution in [3.8, 4) is 10.6 Å². The molecule has 4 aromatic rings. The van der Waals surface area contributed by atoms with Gasteiger partial charge in [0.05, 0.1) is 21.4 Å². The number of aromatic nitrogens is 1. The fraction of sp³-hybridized carbons (Fsp3) is 0.273. The van der Waals surface area contributed by atoms with Crippen molar-refractivity contribution in [3.05, 3.63) is 63.5 Å². The maximum absolute atomic E-state index is 12.7. The first-order chi connectivity index (χ1) is 14.1. The minimum Gasteiger partial charge on any atom is -0.422 e. The van der Waals surface area contributed by atoms with Crippen LogP contribution in [0, 0.1) is 0 Å². The molecule has 5 rings (SSSR count). The molecule has 0 saturated carbocycles. The van der Waals surface area contributed by atoms with Gasteiger partial charge in [0.2, 0.25) is 0 Å². The van der Waals surface area contributed by atoms with Gasteiger partial charge in [-0.15, -0.1) is 11.3 Å². The second-order valence-corrected chi connectivity index (χ2v) is 8.87. The third kappa shape index (κ3) is 3.69. The van der Waals surface area contributed by atoms with Crippen LogP contribution in [0.25, 0.3) is 31.8 Å². The monoisotopic (exact) mass is 426 g/mol. The molecule has 29 heavy (non-hydrogen) atoms. The van der Waals surface area contributed by atoms with Crippen LogP contribution >= 0.6 is 22.9 Å². The van der Waals surface area contributed by atoms with E-state index < -0.39 is 5.63 Å². The second kappa shape index (κ2) is 7.54. The number of piperidine rings is 1. The van der Waals surface area contributed by atoms with Crippen molar-refractivity contribution in [2.45, 2.75) is 25.5 Å². The number of fused-ring (bicyclic) bond motifs is 2. The van der Waals surface area contributed by atoms with Gasteiger partial charge in [-0.3, -0.25) is 4.90 Å². The molecule has 1 fully saturated rings. The number of aliphatic hydroxyl groups excluding tert-OH is 1. The molecule has 2 aromatic heterocycles.